The molecule has 0 radical (unpaired) electrons. The largest absolute Gasteiger partial charge is 0.433 e. The Labute approximate surface area is 156 Å². The lowest BCUT2D eigenvalue weighted by atomic mass is 10.1. The summed E-state index contributed by atoms with van der Waals surface area (Å²) in [4.78, 5) is 18.7. The van der Waals surface area contributed by atoms with E-state index in [2.05, 4.69) is 15.1 Å². The van der Waals surface area contributed by atoms with E-state index in [-0.39, 0.29) is 0 Å². The topological polar surface area (TPSA) is 63.9 Å². The molecule has 2 aromatic heterocycles. The SMILES string of the molecule is O=C(C=Cn1cnc(-c2cc(C(F)(F)F)nc(C(F)(F)F)c2)n1)N1CC(F)(F)C1. The van der Waals surface area contributed by atoms with E-state index in [1.54, 1.807) is 0 Å². The Kier molecular flexibility index (Phi) is 4.83. The number of nitrogens with zero attached hydrogens (tertiary/aromatic N) is 5. The van der Waals surface area contributed by atoms with Crippen LogP contribution >= 0.6 is 0 Å². The van der Waals surface area contributed by atoms with Crippen molar-refractivity contribution in [2.75, 3.05) is 13.1 Å². The number of likely N-dealkylation sites (tertiary alicyclic amines) is 1. The molecule has 0 aromatic carbocycles. The van der Waals surface area contributed by atoms with Crippen molar-refractivity contribution in [1.29, 1.82) is 0 Å². The van der Waals surface area contributed by atoms with Crippen molar-refractivity contribution < 1.29 is 39.9 Å². The summed E-state index contributed by atoms with van der Waals surface area (Å²) in [5, 5.41) is 3.67. The highest BCUT2D eigenvalue weighted by molar-refractivity contribution is 5.90. The third kappa shape index (κ3) is 4.68. The quantitative estimate of drug-likeness (QED) is 0.557. The van der Waals surface area contributed by atoms with E-state index in [4.69, 9.17) is 0 Å². The number of hydrogen-bond acceptors (Lipinski definition) is 4. The molecule has 0 saturated carbocycles. The fourth-order valence-electron chi connectivity index (χ4n) is 2.34. The van der Waals surface area contributed by atoms with Crippen molar-refractivity contribution in [1.82, 2.24) is 24.6 Å². The minimum absolute atomic E-state index is 0.353. The van der Waals surface area contributed by atoms with Gasteiger partial charge in [-0.1, -0.05) is 0 Å². The fourth-order valence-corrected chi connectivity index (χ4v) is 2.34. The Hall–Kier alpha value is -3.06. The number of hydrogen-bond donors (Lipinski definition) is 0. The van der Waals surface area contributed by atoms with Crippen LogP contribution in [0.5, 0.6) is 0 Å². The molecule has 29 heavy (non-hydrogen) atoms. The number of alkyl halides is 8. The van der Waals surface area contributed by atoms with E-state index >= 15 is 0 Å². The van der Waals surface area contributed by atoms with Gasteiger partial charge in [0, 0.05) is 17.8 Å². The van der Waals surface area contributed by atoms with Gasteiger partial charge in [0.2, 0.25) is 5.91 Å². The first-order valence-electron chi connectivity index (χ1n) is 7.67. The monoisotopic (exact) mass is 427 g/mol. The molecule has 3 heterocycles. The van der Waals surface area contributed by atoms with Gasteiger partial charge in [-0.15, -0.1) is 5.10 Å². The zero-order valence-electron chi connectivity index (χ0n) is 14.0. The number of carbonyl (C=O) groups excluding carboxylic acids is 1. The summed E-state index contributed by atoms with van der Waals surface area (Å²) in [5.41, 5.74) is -4.15. The van der Waals surface area contributed by atoms with Gasteiger partial charge in [0.15, 0.2) is 5.82 Å². The second-order valence-corrected chi connectivity index (χ2v) is 6.04. The molecule has 0 atom stereocenters. The van der Waals surface area contributed by atoms with Crippen LogP contribution in [-0.2, 0) is 17.1 Å². The molecule has 0 spiro atoms. The van der Waals surface area contributed by atoms with Crippen molar-refractivity contribution in [3.8, 4) is 11.4 Å². The van der Waals surface area contributed by atoms with Crippen molar-refractivity contribution in [3.63, 3.8) is 0 Å². The molecule has 0 N–H and O–H groups in total. The number of carbonyl (C=O) groups is 1. The molecule has 0 unspecified atom stereocenters. The number of halogens is 8. The molecule has 0 bridgehead atoms. The summed E-state index contributed by atoms with van der Waals surface area (Å²) in [6.45, 7) is -1.51. The Morgan fingerprint density at radius 2 is 1.59 bits per heavy atom. The van der Waals surface area contributed by atoms with E-state index < -0.39 is 60.0 Å². The second kappa shape index (κ2) is 6.77. The van der Waals surface area contributed by atoms with Crippen LogP contribution in [0.1, 0.15) is 11.4 Å². The first-order valence-corrected chi connectivity index (χ1v) is 7.67. The van der Waals surface area contributed by atoms with Crippen LogP contribution in [0.3, 0.4) is 0 Å². The molecule has 1 aliphatic heterocycles. The number of aromatic nitrogens is 4. The summed E-state index contributed by atoms with van der Waals surface area (Å²) in [6, 6.07) is 0.706. The van der Waals surface area contributed by atoms with Crippen LogP contribution in [0.4, 0.5) is 35.1 Å². The zero-order chi connectivity index (χ0) is 21.6. The normalized spacial score (nSPS) is 16.9. The van der Waals surface area contributed by atoms with E-state index in [1.807, 2.05) is 0 Å². The van der Waals surface area contributed by atoms with Crippen LogP contribution in [-0.4, -0.2) is 49.6 Å². The second-order valence-electron chi connectivity index (χ2n) is 6.04. The predicted molar refractivity (Wildman–Crippen MR) is 80.1 cm³/mol. The molecule has 1 aliphatic rings. The molecule has 1 saturated heterocycles. The predicted octanol–water partition coefficient (Wildman–Crippen LogP) is 3.33. The van der Waals surface area contributed by atoms with Gasteiger partial charge in [0.1, 0.15) is 17.7 Å². The smallest absolute Gasteiger partial charge is 0.327 e. The average molecular weight is 427 g/mol. The van der Waals surface area contributed by atoms with Crippen molar-refractivity contribution in [2.24, 2.45) is 0 Å². The van der Waals surface area contributed by atoms with Crippen LogP contribution in [0.15, 0.2) is 24.5 Å². The Morgan fingerprint density at radius 1 is 1.03 bits per heavy atom. The van der Waals surface area contributed by atoms with Gasteiger partial charge in [-0.3, -0.25) is 4.79 Å². The van der Waals surface area contributed by atoms with E-state index in [9.17, 15) is 39.9 Å². The molecular formula is C15H9F8N5O. The molecule has 1 amide bonds. The molecule has 3 rings (SSSR count). The van der Waals surface area contributed by atoms with Crippen LogP contribution in [0, 0.1) is 0 Å². The van der Waals surface area contributed by atoms with Gasteiger partial charge in [-0.2, -0.15) is 26.3 Å². The van der Waals surface area contributed by atoms with Gasteiger partial charge in [-0.25, -0.2) is 23.4 Å². The molecule has 2 aromatic rings. The van der Waals surface area contributed by atoms with Crippen LogP contribution in [0.25, 0.3) is 17.6 Å². The third-order valence-corrected chi connectivity index (χ3v) is 3.70. The van der Waals surface area contributed by atoms with Crippen molar-refractivity contribution >= 4 is 12.1 Å². The van der Waals surface area contributed by atoms with E-state index in [0.29, 0.717) is 12.1 Å². The highest BCUT2D eigenvalue weighted by Gasteiger charge is 2.45. The summed E-state index contributed by atoms with van der Waals surface area (Å²) in [7, 11) is 0. The molecule has 1 fully saturated rings. The lowest BCUT2D eigenvalue weighted by Gasteiger charge is -2.37. The Bertz CT molecular complexity index is 922. The zero-order valence-corrected chi connectivity index (χ0v) is 14.0. The summed E-state index contributed by atoms with van der Waals surface area (Å²) in [5.74, 6) is -4.22. The van der Waals surface area contributed by atoms with Gasteiger partial charge < -0.3 is 4.90 Å². The summed E-state index contributed by atoms with van der Waals surface area (Å²) in [6.07, 6.45) is -7.51. The highest BCUT2D eigenvalue weighted by atomic mass is 19.4. The van der Waals surface area contributed by atoms with Crippen molar-refractivity contribution in [2.45, 2.75) is 18.3 Å². The molecule has 156 valence electrons. The third-order valence-electron chi connectivity index (χ3n) is 3.70. The van der Waals surface area contributed by atoms with Gasteiger partial charge in [0.05, 0.1) is 13.1 Å². The molecule has 14 heteroatoms. The molecular weight excluding hydrogens is 418 g/mol. The minimum Gasteiger partial charge on any atom is -0.327 e. The maximum Gasteiger partial charge on any atom is 0.433 e. The lowest BCUT2D eigenvalue weighted by Crippen LogP contribution is -2.58. The number of rotatable bonds is 3. The molecule has 6 nitrogen and oxygen atoms in total. The first kappa shape index (κ1) is 20.7. The maximum atomic E-state index is 12.9. The van der Waals surface area contributed by atoms with E-state index in [1.165, 1.54) is 0 Å². The van der Waals surface area contributed by atoms with Crippen LogP contribution in [0.2, 0.25) is 0 Å². The lowest BCUT2D eigenvalue weighted by molar-refractivity contribution is -0.160. The van der Waals surface area contributed by atoms with Gasteiger partial charge in [0.25, 0.3) is 5.92 Å². The standard InChI is InChI=1S/C15H9F8N5O/c16-13(17)5-27(6-13)11(29)1-2-28-7-24-12(26-28)8-3-9(14(18,19)20)25-10(4-8)15(21,22)23/h1-4,7H,5-6H2. The maximum absolute atomic E-state index is 12.9. The minimum atomic E-state index is -5.13. The van der Waals surface area contributed by atoms with E-state index in [0.717, 1.165) is 28.2 Å². The average Bonchev–Trinajstić information content (AvgIpc) is 3.04. The Balaban J connectivity index is 1.84. The highest BCUT2D eigenvalue weighted by Crippen LogP contribution is 2.35. The van der Waals surface area contributed by atoms with Gasteiger partial charge in [-0.05, 0) is 12.1 Å². The number of pyridine rings is 1. The summed E-state index contributed by atoms with van der Waals surface area (Å²) >= 11 is 0. The fraction of sp³-hybridized carbons (Fsp3) is 0.333. The number of amides is 1. The van der Waals surface area contributed by atoms with Crippen LogP contribution < -0.4 is 0 Å². The summed E-state index contributed by atoms with van der Waals surface area (Å²) < 4.78 is 103. The van der Waals surface area contributed by atoms with Gasteiger partial charge >= 0.3 is 12.4 Å². The Morgan fingerprint density at radius 3 is 2.07 bits per heavy atom. The molecule has 0 aliphatic carbocycles. The van der Waals surface area contributed by atoms with Crippen molar-refractivity contribution in [3.05, 3.63) is 35.9 Å². The first-order chi connectivity index (χ1) is 13.2.